The van der Waals surface area contributed by atoms with Crippen LogP contribution in [0.5, 0.6) is 0 Å². The number of fused-ring (bicyclic) bond motifs is 1. The first kappa shape index (κ1) is 14.9. The monoisotopic (exact) mass is 293 g/mol. The lowest BCUT2D eigenvalue weighted by Crippen LogP contribution is -2.33. The van der Waals surface area contributed by atoms with Crippen molar-refractivity contribution in [2.75, 3.05) is 20.7 Å². The number of carbonyl (C=O) groups is 1. The number of hydrogen-bond donors (Lipinski definition) is 1. The standard InChI is InChI=1S/C14H19N3O2S/c1-17(14(18)7-10(8-15)19-2)9-13-16-11-5-3-4-6-12(11)20-13/h3-6,10H,7-9,15H2,1-2H3. The van der Waals surface area contributed by atoms with Crippen LogP contribution in [0.3, 0.4) is 0 Å². The zero-order chi connectivity index (χ0) is 14.5. The minimum atomic E-state index is -0.222. The Morgan fingerprint density at radius 1 is 1.50 bits per heavy atom. The molecule has 108 valence electrons. The van der Waals surface area contributed by atoms with Gasteiger partial charge in [-0.15, -0.1) is 11.3 Å². The van der Waals surface area contributed by atoms with Crippen molar-refractivity contribution in [3.63, 3.8) is 0 Å². The Morgan fingerprint density at radius 3 is 2.90 bits per heavy atom. The average molecular weight is 293 g/mol. The number of carbonyl (C=O) groups excluding carboxylic acids is 1. The number of nitrogens with two attached hydrogens (primary N) is 1. The molecular weight excluding hydrogens is 274 g/mol. The van der Waals surface area contributed by atoms with Crippen molar-refractivity contribution in [1.82, 2.24) is 9.88 Å². The first-order valence-corrected chi connectivity index (χ1v) is 7.27. The van der Waals surface area contributed by atoms with Crippen molar-refractivity contribution in [1.29, 1.82) is 0 Å². The molecule has 1 aromatic carbocycles. The van der Waals surface area contributed by atoms with Crippen LogP contribution in [0.15, 0.2) is 24.3 Å². The van der Waals surface area contributed by atoms with Gasteiger partial charge in [0.05, 0.1) is 29.3 Å². The second-order valence-corrected chi connectivity index (χ2v) is 5.74. The topological polar surface area (TPSA) is 68.5 Å². The van der Waals surface area contributed by atoms with Crippen molar-refractivity contribution in [3.05, 3.63) is 29.3 Å². The fourth-order valence-corrected chi connectivity index (χ4v) is 2.91. The van der Waals surface area contributed by atoms with Gasteiger partial charge in [-0.2, -0.15) is 0 Å². The van der Waals surface area contributed by atoms with Crippen molar-refractivity contribution in [3.8, 4) is 0 Å². The number of benzene rings is 1. The Labute approximate surface area is 122 Å². The molecule has 0 saturated carbocycles. The third-order valence-corrected chi connectivity index (χ3v) is 4.16. The summed E-state index contributed by atoms with van der Waals surface area (Å²) in [6.45, 7) is 0.858. The molecule has 2 rings (SSSR count). The molecule has 0 radical (unpaired) electrons. The molecule has 6 heteroatoms. The van der Waals surface area contributed by atoms with Gasteiger partial charge < -0.3 is 15.4 Å². The lowest BCUT2D eigenvalue weighted by atomic mass is 10.2. The molecule has 0 aliphatic rings. The van der Waals surface area contributed by atoms with Crippen molar-refractivity contribution in [2.45, 2.75) is 19.1 Å². The van der Waals surface area contributed by atoms with Crippen LogP contribution in [0.25, 0.3) is 10.2 Å². The van der Waals surface area contributed by atoms with E-state index in [9.17, 15) is 4.79 Å². The second-order valence-electron chi connectivity index (χ2n) is 4.62. The number of aromatic nitrogens is 1. The van der Waals surface area contributed by atoms with Gasteiger partial charge in [0.25, 0.3) is 0 Å². The number of nitrogens with zero attached hydrogens (tertiary/aromatic N) is 2. The summed E-state index contributed by atoms with van der Waals surface area (Å²) in [6.07, 6.45) is 0.0781. The Morgan fingerprint density at radius 2 is 2.25 bits per heavy atom. The van der Waals surface area contributed by atoms with Gasteiger partial charge in [0.2, 0.25) is 5.91 Å². The summed E-state index contributed by atoms with van der Waals surface area (Å²) in [5, 5.41) is 0.934. The summed E-state index contributed by atoms with van der Waals surface area (Å²) in [4.78, 5) is 18.2. The Kier molecular flexibility index (Phi) is 5.05. The molecule has 1 unspecified atom stereocenters. The summed E-state index contributed by atoms with van der Waals surface area (Å²) in [5.41, 5.74) is 6.51. The minimum Gasteiger partial charge on any atom is -0.380 e. The largest absolute Gasteiger partial charge is 0.380 e. The van der Waals surface area contributed by atoms with Crippen molar-refractivity contribution in [2.24, 2.45) is 5.73 Å². The van der Waals surface area contributed by atoms with Gasteiger partial charge in [0.1, 0.15) is 5.01 Å². The van der Waals surface area contributed by atoms with E-state index in [4.69, 9.17) is 10.5 Å². The molecule has 2 N–H and O–H groups in total. The van der Waals surface area contributed by atoms with Crippen molar-refractivity contribution >= 4 is 27.5 Å². The van der Waals surface area contributed by atoms with Crippen LogP contribution in [0.1, 0.15) is 11.4 Å². The molecule has 0 saturated heterocycles. The first-order valence-electron chi connectivity index (χ1n) is 6.45. The van der Waals surface area contributed by atoms with Crippen LogP contribution in [0.4, 0.5) is 0 Å². The summed E-state index contributed by atoms with van der Waals surface area (Å²) >= 11 is 1.61. The van der Waals surface area contributed by atoms with Crippen LogP contribution in [0.2, 0.25) is 0 Å². The van der Waals surface area contributed by atoms with E-state index in [1.165, 1.54) is 0 Å². The van der Waals surface area contributed by atoms with Crippen LogP contribution < -0.4 is 5.73 Å². The smallest absolute Gasteiger partial charge is 0.225 e. The zero-order valence-electron chi connectivity index (χ0n) is 11.7. The van der Waals surface area contributed by atoms with Crippen LogP contribution in [-0.4, -0.2) is 42.6 Å². The minimum absolute atomic E-state index is 0.0153. The predicted octanol–water partition coefficient (Wildman–Crippen LogP) is 1.62. The fourth-order valence-electron chi connectivity index (χ4n) is 1.89. The third kappa shape index (κ3) is 3.53. The van der Waals surface area contributed by atoms with E-state index in [2.05, 4.69) is 4.98 Å². The maximum absolute atomic E-state index is 12.1. The zero-order valence-corrected chi connectivity index (χ0v) is 12.5. The quantitative estimate of drug-likeness (QED) is 0.878. The second kappa shape index (κ2) is 6.78. The van der Waals surface area contributed by atoms with Gasteiger partial charge in [-0.05, 0) is 12.1 Å². The Bertz CT molecular complexity index is 548. The molecule has 0 fully saturated rings. The molecule has 0 bridgehead atoms. The van der Waals surface area contributed by atoms with Gasteiger partial charge in [-0.25, -0.2) is 4.98 Å². The molecule has 0 aliphatic carbocycles. The molecular formula is C14H19N3O2S. The Balaban J connectivity index is 1.99. The highest BCUT2D eigenvalue weighted by Crippen LogP contribution is 2.22. The Hall–Kier alpha value is -1.50. The average Bonchev–Trinajstić information content (AvgIpc) is 2.86. The van der Waals surface area contributed by atoms with E-state index in [-0.39, 0.29) is 12.0 Å². The molecule has 1 atom stereocenters. The first-order chi connectivity index (χ1) is 9.63. The number of para-hydroxylation sites is 1. The van der Waals surface area contributed by atoms with Gasteiger partial charge >= 0.3 is 0 Å². The van der Waals surface area contributed by atoms with Gasteiger partial charge in [0.15, 0.2) is 0 Å². The molecule has 20 heavy (non-hydrogen) atoms. The van der Waals surface area contributed by atoms with E-state index in [1.807, 2.05) is 24.3 Å². The third-order valence-electron chi connectivity index (χ3n) is 3.13. The number of ether oxygens (including phenoxy) is 1. The highest BCUT2D eigenvalue weighted by molar-refractivity contribution is 7.18. The summed E-state index contributed by atoms with van der Waals surface area (Å²) in [7, 11) is 3.34. The molecule has 0 spiro atoms. The van der Waals surface area contributed by atoms with Gasteiger partial charge in [-0.1, -0.05) is 12.1 Å². The normalized spacial score (nSPS) is 12.6. The van der Waals surface area contributed by atoms with Crippen LogP contribution >= 0.6 is 11.3 Å². The number of methoxy groups -OCH3 is 1. The molecule has 1 amide bonds. The van der Waals surface area contributed by atoms with E-state index in [0.29, 0.717) is 19.5 Å². The highest BCUT2D eigenvalue weighted by Gasteiger charge is 2.16. The molecule has 5 nitrogen and oxygen atoms in total. The lowest BCUT2D eigenvalue weighted by molar-refractivity contribution is -0.132. The maximum Gasteiger partial charge on any atom is 0.225 e. The van der Waals surface area contributed by atoms with E-state index in [0.717, 1.165) is 15.2 Å². The fraction of sp³-hybridized carbons (Fsp3) is 0.429. The lowest BCUT2D eigenvalue weighted by Gasteiger charge is -2.19. The maximum atomic E-state index is 12.1. The predicted molar refractivity (Wildman–Crippen MR) is 80.6 cm³/mol. The molecule has 0 aliphatic heterocycles. The van der Waals surface area contributed by atoms with Gasteiger partial charge in [0, 0.05) is 20.7 Å². The number of thiazole rings is 1. The molecule has 2 aromatic rings. The van der Waals surface area contributed by atoms with E-state index >= 15 is 0 Å². The van der Waals surface area contributed by atoms with E-state index in [1.54, 1.807) is 30.4 Å². The van der Waals surface area contributed by atoms with Crippen LogP contribution in [0, 0.1) is 0 Å². The summed E-state index contributed by atoms with van der Waals surface area (Å²) in [5.74, 6) is 0.0153. The van der Waals surface area contributed by atoms with E-state index < -0.39 is 0 Å². The SMILES string of the molecule is COC(CN)CC(=O)N(C)Cc1nc2ccccc2s1. The highest BCUT2D eigenvalue weighted by atomic mass is 32.1. The number of rotatable bonds is 6. The summed E-state index contributed by atoms with van der Waals surface area (Å²) in [6, 6.07) is 7.97. The molecule has 1 heterocycles. The molecule has 1 aromatic heterocycles. The number of amides is 1. The van der Waals surface area contributed by atoms with Gasteiger partial charge in [-0.3, -0.25) is 4.79 Å². The number of hydrogen-bond acceptors (Lipinski definition) is 5. The van der Waals surface area contributed by atoms with Crippen molar-refractivity contribution < 1.29 is 9.53 Å². The van der Waals surface area contributed by atoms with Crippen LogP contribution in [-0.2, 0) is 16.1 Å². The summed E-state index contributed by atoms with van der Waals surface area (Å²) < 4.78 is 6.27.